The van der Waals surface area contributed by atoms with E-state index in [0.29, 0.717) is 5.44 Å². The number of nitrogens with zero attached hydrogens (tertiary/aromatic N) is 3. The number of imidazole rings is 1. The summed E-state index contributed by atoms with van der Waals surface area (Å²) in [5.41, 5.74) is 6.34. The van der Waals surface area contributed by atoms with Gasteiger partial charge in [-0.3, -0.25) is 4.40 Å². The van der Waals surface area contributed by atoms with Gasteiger partial charge in [-0.25, -0.2) is 9.97 Å². The topological polar surface area (TPSA) is 47.3 Å². The Bertz CT molecular complexity index is 2580. The van der Waals surface area contributed by atoms with Gasteiger partial charge in [0.05, 0.1) is 22.2 Å². The van der Waals surface area contributed by atoms with Crippen LogP contribution >= 0.6 is 7.14 Å². The molecule has 0 radical (unpaired) electrons. The van der Waals surface area contributed by atoms with Crippen LogP contribution < -0.4 is 16.0 Å². The number of hydrogen-bond acceptors (Lipinski definition) is 3. The maximum absolute atomic E-state index is 15.6. The standard InChI is InChI=1S/C40H26N3OP/c44-45(29-14-3-1-4-15-29,30-16-5-2-6-17-30)40-31-18-8-7-13-27(31)25-36(42-40)28-23-24-33-32-19-9-10-20-34(32)39-41-35-21-11-12-22-37(35)43(39)38(33)26-28/h1-26H. The maximum Gasteiger partial charge on any atom is 0.189 e. The summed E-state index contributed by atoms with van der Waals surface area (Å²) in [5.74, 6) is 0. The van der Waals surface area contributed by atoms with E-state index < -0.39 is 7.14 Å². The second-order valence-corrected chi connectivity index (χ2v) is 14.0. The second kappa shape index (κ2) is 9.99. The maximum atomic E-state index is 15.6. The summed E-state index contributed by atoms with van der Waals surface area (Å²) in [4.78, 5) is 10.4. The van der Waals surface area contributed by atoms with Crippen LogP contribution in [-0.2, 0) is 4.57 Å². The summed E-state index contributed by atoms with van der Waals surface area (Å²) < 4.78 is 17.8. The number of aromatic nitrogens is 3. The lowest BCUT2D eigenvalue weighted by Gasteiger charge is -2.21. The first kappa shape index (κ1) is 25.9. The van der Waals surface area contributed by atoms with Crippen LogP contribution in [0.4, 0.5) is 0 Å². The van der Waals surface area contributed by atoms with Gasteiger partial charge in [0.1, 0.15) is 11.1 Å². The number of hydrogen-bond donors (Lipinski definition) is 0. The Balaban J connectivity index is 1.37. The van der Waals surface area contributed by atoms with Gasteiger partial charge < -0.3 is 4.57 Å². The molecule has 9 rings (SSSR count). The minimum Gasteiger partial charge on any atom is -0.307 e. The Morgan fingerprint density at radius 2 is 1.11 bits per heavy atom. The summed E-state index contributed by atoms with van der Waals surface area (Å²) in [5, 5.41) is 6.85. The molecule has 0 aliphatic carbocycles. The van der Waals surface area contributed by atoms with Gasteiger partial charge in [0, 0.05) is 32.3 Å². The Morgan fingerprint density at radius 3 is 1.87 bits per heavy atom. The molecule has 0 aliphatic rings. The summed E-state index contributed by atoms with van der Waals surface area (Å²) in [6.07, 6.45) is 0. The average molecular weight is 596 g/mol. The van der Waals surface area contributed by atoms with Crippen LogP contribution in [0.1, 0.15) is 0 Å². The van der Waals surface area contributed by atoms with Crippen LogP contribution in [0, 0.1) is 0 Å². The van der Waals surface area contributed by atoms with Crippen LogP contribution in [0.5, 0.6) is 0 Å². The quantitative estimate of drug-likeness (QED) is 0.151. The molecular weight excluding hydrogens is 569 g/mol. The molecule has 0 bridgehead atoms. The molecule has 45 heavy (non-hydrogen) atoms. The fourth-order valence-corrected chi connectivity index (χ4v) is 9.47. The Kier molecular flexibility index (Phi) is 5.74. The summed E-state index contributed by atoms with van der Waals surface area (Å²) in [6, 6.07) is 53.1. The molecule has 4 nitrogen and oxygen atoms in total. The molecule has 0 fully saturated rings. The van der Waals surface area contributed by atoms with Crippen molar-refractivity contribution in [3.05, 3.63) is 158 Å². The smallest absolute Gasteiger partial charge is 0.189 e. The number of pyridine rings is 2. The highest BCUT2D eigenvalue weighted by Gasteiger charge is 2.33. The van der Waals surface area contributed by atoms with E-state index in [1.807, 2.05) is 84.9 Å². The van der Waals surface area contributed by atoms with Crippen molar-refractivity contribution in [2.24, 2.45) is 0 Å². The monoisotopic (exact) mass is 595 g/mol. The third-order valence-corrected chi connectivity index (χ3v) is 11.8. The molecule has 212 valence electrons. The Labute approximate surface area is 259 Å². The molecule has 0 atom stereocenters. The summed E-state index contributed by atoms with van der Waals surface area (Å²) in [7, 11) is -3.34. The van der Waals surface area contributed by atoms with Crippen molar-refractivity contribution in [1.82, 2.24) is 14.4 Å². The minimum atomic E-state index is -3.34. The van der Waals surface area contributed by atoms with Gasteiger partial charge in [-0.2, -0.15) is 0 Å². The van der Waals surface area contributed by atoms with Crippen LogP contribution in [-0.4, -0.2) is 14.4 Å². The van der Waals surface area contributed by atoms with E-state index in [9.17, 15) is 0 Å². The molecule has 0 aliphatic heterocycles. The predicted molar refractivity (Wildman–Crippen MR) is 188 cm³/mol. The zero-order valence-electron chi connectivity index (χ0n) is 24.2. The van der Waals surface area contributed by atoms with E-state index in [1.54, 1.807) is 0 Å². The highest BCUT2D eigenvalue weighted by atomic mass is 31.2. The number of fused-ring (bicyclic) bond motifs is 9. The Morgan fingerprint density at radius 1 is 0.489 bits per heavy atom. The van der Waals surface area contributed by atoms with E-state index >= 15 is 4.57 Å². The van der Waals surface area contributed by atoms with Crippen LogP contribution in [0.25, 0.3) is 60.4 Å². The van der Waals surface area contributed by atoms with Gasteiger partial charge >= 0.3 is 0 Å². The summed E-state index contributed by atoms with van der Waals surface area (Å²) in [6.45, 7) is 0. The minimum absolute atomic E-state index is 0.602. The molecule has 9 aromatic rings. The van der Waals surface area contributed by atoms with E-state index in [4.69, 9.17) is 9.97 Å². The lowest BCUT2D eigenvalue weighted by atomic mass is 10.0. The molecule has 0 saturated heterocycles. The number of benzene rings is 6. The van der Waals surface area contributed by atoms with Crippen LogP contribution in [0.15, 0.2) is 158 Å². The van der Waals surface area contributed by atoms with Crippen molar-refractivity contribution in [1.29, 1.82) is 0 Å². The highest BCUT2D eigenvalue weighted by molar-refractivity contribution is 7.85. The molecule has 0 N–H and O–H groups in total. The molecule has 3 aromatic heterocycles. The van der Waals surface area contributed by atoms with Gasteiger partial charge in [-0.1, -0.05) is 133 Å². The predicted octanol–water partition coefficient (Wildman–Crippen LogP) is 8.65. The largest absolute Gasteiger partial charge is 0.307 e. The van der Waals surface area contributed by atoms with Crippen LogP contribution in [0.2, 0.25) is 0 Å². The van der Waals surface area contributed by atoms with Gasteiger partial charge in [-0.05, 0) is 35.0 Å². The van der Waals surface area contributed by atoms with E-state index in [0.717, 1.165) is 71.0 Å². The van der Waals surface area contributed by atoms with Crippen molar-refractivity contribution in [2.45, 2.75) is 0 Å². The molecule has 0 amide bonds. The average Bonchev–Trinajstić information content (AvgIpc) is 3.52. The SMILES string of the molecule is O=P(c1ccccc1)(c1ccccc1)c1nc(-c2ccc3c4ccccc4c4nc5ccccc5n4c3c2)cc2ccccc12. The Hall–Kier alpha value is -5.57. The van der Waals surface area contributed by atoms with E-state index in [2.05, 4.69) is 77.2 Å². The first-order valence-electron chi connectivity index (χ1n) is 15.0. The number of para-hydroxylation sites is 2. The van der Waals surface area contributed by atoms with E-state index in [-0.39, 0.29) is 0 Å². The molecule has 0 spiro atoms. The van der Waals surface area contributed by atoms with Gasteiger partial charge in [0.25, 0.3) is 0 Å². The van der Waals surface area contributed by atoms with E-state index in [1.165, 1.54) is 0 Å². The van der Waals surface area contributed by atoms with Crippen molar-refractivity contribution in [2.75, 3.05) is 0 Å². The normalized spacial score (nSPS) is 12.1. The second-order valence-electron chi connectivity index (χ2n) is 11.4. The lowest BCUT2D eigenvalue weighted by molar-refractivity contribution is 0.592. The molecule has 5 heteroatoms. The van der Waals surface area contributed by atoms with Gasteiger partial charge in [-0.15, -0.1) is 0 Å². The van der Waals surface area contributed by atoms with Gasteiger partial charge in [0.2, 0.25) is 0 Å². The molecule has 0 saturated carbocycles. The molecule has 6 aromatic carbocycles. The first-order chi connectivity index (χ1) is 22.2. The molecular formula is C40H26N3OP. The van der Waals surface area contributed by atoms with Crippen molar-refractivity contribution >= 4 is 72.3 Å². The first-order valence-corrected chi connectivity index (χ1v) is 16.7. The lowest BCUT2D eigenvalue weighted by Crippen LogP contribution is -2.28. The highest BCUT2D eigenvalue weighted by Crippen LogP contribution is 2.44. The summed E-state index contributed by atoms with van der Waals surface area (Å²) >= 11 is 0. The van der Waals surface area contributed by atoms with Crippen molar-refractivity contribution < 1.29 is 4.57 Å². The zero-order valence-corrected chi connectivity index (χ0v) is 25.1. The van der Waals surface area contributed by atoms with Crippen molar-refractivity contribution in [3.8, 4) is 11.3 Å². The zero-order chi connectivity index (χ0) is 30.0. The fourth-order valence-electron chi connectivity index (χ4n) is 6.71. The van der Waals surface area contributed by atoms with Gasteiger partial charge in [0.15, 0.2) is 7.14 Å². The van der Waals surface area contributed by atoms with Crippen LogP contribution in [0.3, 0.4) is 0 Å². The van der Waals surface area contributed by atoms with Crippen molar-refractivity contribution in [3.63, 3.8) is 0 Å². The third-order valence-electron chi connectivity index (χ3n) is 8.81. The third kappa shape index (κ3) is 3.90. The number of rotatable bonds is 4. The molecule has 0 unspecified atom stereocenters. The molecule has 3 heterocycles. The fraction of sp³-hybridized carbons (Fsp3) is 0.